The van der Waals surface area contributed by atoms with E-state index in [4.69, 9.17) is 14.7 Å². The number of pyridine rings is 1. The van der Waals surface area contributed by atoms with E-state index in [0.717, 1.165) is 48.5 Å². The van der Waals surface area contributed by atoms with Crippen LogP contribution >= 0.6 is 0 Å². The Morgan fingerprint density at radius 1 is 0.710 bits per heavy atom. The summed E-state index contributed by atoms with van der Waals surface area (Å²) in [5.74, 6) is 0.231. The van der Waals surface area contributed by atoms with Gasteiger partial charge in [0.15, 0.2) is 0 Å². The molecule has 4 nitrogen and oxygen atoms in total. The van der Waals surface area contributed by atoms with E-state index in [1.54, 1.807) is 0 Å². The molecule has 0 aliphatic carbocycles. The average molecular weight is 438 g/mol. The van der Waals surface area contributed by atoms with Crippen LogP contribution in [0.15, 0.2) is 60.7 Å². The van der Waals surface area contributed by atoms with Gasteiger partial charge in [0.25, 0.3) is 0 Å². The molecule has 0 spiro atoms. The molecule has 160 valence electrons. The van der Waals surface area contributed by atoms with E-state index in [1.807, 2.05) is 6.07 Å². The van der Waals surface area contributed by atoms with Crippen LogP contribution in [0.2, 0.25) is 0 Å². The lowest BCUT2D eigenvalue weighted by molar-refractivity contribution is -0.138. The molecule has 0 bridgehead atoms. The van der Waals surface area contributed by atoms with E-state index in [2.05, 4.69) is 4.98 Å². The standard InChI is InChI=1S/C21H12F6N2O2/c22-20(23,24)13-1-5-16(6-2-13)30-18-11-15(9-10-28)29-19(12-18)31-17-7-3-14(4-8-17)21(25,26)27/h1-8,11-12H,9H2. The largest absolute Gasteiger partial charge is 0.457 e. The second-order valence-electron chi connectivity index (χ2n) is 6.22. The third-order valence-electron chi connectivity index (χ3n) is 3.91. The first-order chi connectivity index (χ1) is 14.5. The topological polar surface area (TPSA) is 55.1 Å². The monoisotopic (exact) mass is 438 g/mol. The van der Waals surface area contributed by atoms with Crippen molar-refractivity contribution in [2.45, 2.75) is 18.8 Å². The summed E-state index contributed by atoms with van der Waals surface area (Å²) >= 11 is 0. The molecule has 0 aliphatic heterocycles. The van der Waals surface area contributed by atoms with Gasteiger partial charge >= 0.3 is 12.4 Å². The fourth-order valence-electron chi connectivity index (χ4n) is 2.50. The summed E-state index contributed by atoms with van der Waals surface area (Å²) in [7, 11) is 0. The van der Waals surface area contributed by atoms with Crippen molar-refractivity contribution in [2.75, 3.05) is 0 Å². The molecule has 0 amide bonds. The third-order valence-corrected chi connectivity index (χ3v) is 3.91. The molecule has 0 fully saturated rings. The van der Waals surface area contributed by atoms with Crippen molar-refractivity contribution < 1.29 is 35.8 Å². The first-order valence-electron chi connectivity index (χ1n) is 8.63. The van der Waals surface area contributed by atoms with Crippen LogP contribution in [0.5, 0.6) is 23.1 Å². The number of hydrogen-bond donors (Lipinski definition) is 0. The van der Waals surface area contributed by atoms with Gasteiger partial charge in [-0.3, -0.25) is 0 Å². The van der Waals surface area contributed by atoms with Gasteiger partial charge in [-0.1, -0.05) is 0 Å². The summed E-state index contributed by atoms with van der Waals surface area (Å²) in [5.41, 5.74) is -1.45. The summed E-state index contributed by atoms with van der Waals surface area (Å²) in [5, 5.41) is 8.91. The molecule has 2 aromatic carbocycles. The molecule has 0 aliphatic rings. The number of nitriles is 1. The van der Waals surface area contributed by atoms with E-state index in [9.17, 15) is 26.3 Å². The highest BCUT2D eigenvalue weighted by Gasteiger charge is 2.30. The van der Waals surface area contributed by atoms with Gasteiger partial charge in [0, 0.05) is 12.1 Å². The highest BCUT2D eigenvalue weighted by atomic mass is 19.4. The second kappa shape index (κ2) is 8.55. The van der Waals surface area contributed by atoms with E-state index in [0.29, 0.717) is 0 Å². The van der Waals surface area contributed by atoms with Crippen molar-refractivity contribution >= 4 is 0 Å². The molecule has 1 aromatic heterocycles. The molecule has 0 unspecified atom stereocenters. The Balaban J connectivity index is 1.83. The van der Waals surface area contributed by atoms with Crippen molar-refractivity contribution in [3.63, 3.8) is 0 Å². The molecule has 0 N–H and O–H groups in total. The van der Waals surface area contributed by atoms with Gasteiger partial charge in [0.1, 0.15) is 17.2 Å². The highest BCUT2D eigenvalue weighted by Crippen LogP contribution is 2.34. The van der Waals surface area contributed by atoms with Crippen molar-refractivity contribution in [2.24, 2.45) is 0 Å². The molecule has 10 heteroatoms. The Kier molecular flexibility index (Phi) is 6.06. The predicted octanol–water partition coefficient (Wildman–Crippen LogP) is 6.77. The maximum absolute atomic E-state index is 12.7. The maximum Gasteiger partial charge on any atom is 0.416 e. The van der Waals surface area contributed by atoms with Gasteiger partial charge in [-0.25, -0.2) is 4.98 Å². The molecule has 3 rings (SSSR count). The fraction of sp³-hybridized carbons (Fsp3) is 0.143. The van der Waals surface area contributed by atoms with E-state index in [-0.39, 0.29) is 35.2 Å². The van der Waals surface area contributed by atoms with E-state index >= 15 is 0 Å². The van der Waals surface area contributed by atoms with Crippen molar-refractivity contribution in [3.8, 4) is 29.2 Å². The number of aromatic nitrogens is 1. The summed E-state index contributed by atoms with van der Waals surface area (Å²) in [6.07, 6.45) is -9.10. The zero-order valence-electron chi connectivity index (χ0n) is 15.5. The Hall–Kier alpha value is -3.74. The van der Waals surface area contributed by atoms with Crippen LogP contribution in [-0.2, 0) is 18.8 Å². The quantitative estimate of drug-likeness (QED) is 0.413. The number of hydrogen-bond acceptors (Lipinski definition) is 4. The number of benzene rings is 2. The number of ether oxygens (including phenoxy) is 2. The molecular formula is C21H12F6N2O2. The van der Waals surface area contributed by atoms with Gasteiger partial charge in [-0.15, -0.1) is 0 Å². The van der Waals surface area contributed by atoms with Crippen molar-refractivity contribution in [1.29, 1.82) is 5.26 Å². The van der Waals surface area contributed by atoms with Crippen molar-refractivity contribution in [3.05, 3.63) is 77.5 Å². The summed E-state index contributed by atoms with van der Waals surface area (Å²) in [6.45, 7) is 0. The lowest BCUT2D eigenvalue weighted by atomic mass is 10.2. The number of rotatable bonds is 5. The summed E-state index contributed by atoms with van der Waals surface area (Å²) in [6, 6.07) is 12.5. The Bertz CT molecular complexity index is 1010. The van der Waals surface area contributed by atoms with Gasteiger partial charge in [-0.2, -0.15) is 31.6 Å². The third kappa shape index (κ3) is 5.88. The predicted molar refractivity (Wildman–Crippen MR) is 96.6 cm³/mol. The molecule has 0 saturated carbocycles. The van der Waals surface area contributed by atoms with Crippen LogP contribution in [-0.4, -0.2) is 4.98 Å². The van der Waals surface area contributed by atoms with Crippen LogP contribution in [0.4, 0.5) is 26.3 Å². The summed E-state index contributed by atoms with van der Waals surface area (Å²) in [4.78, 5) is 4.08. The normalized spacial score (nSPS) is 11.6. The van der Waals surface area contributed by atoms with E-state index < -0.39 is 23.5 Å². The number of nitrogens with zero attached hydrogens (tertiary/aromatic N) is 2. The van der Waals surface area contributed by atoms with Crippen LogP contribution in [0, 0.1) is 11.3 Å². The molecule has 0 saturated heterocycles. The van der Waals surface area contributed by atoms with Crippen LogP contribution in [0.3, 0.4) is 0 Å². The fourth-order valence-corrected chi connectivity index (χ4v) is 2.50. The van der Waals surface area contributed by atoms with Gasteiger partial charge in [0.2, 0.25) is 5.88 Å². The van der Waals surface area contributed by atoms with Crippen LogP contribution in [0.25, 0.3) is 0 Å². The Morgan fingerprint density at radius 2 is 1.19 bits per heavy atom. The average Bonchev–Trinajstić information content (AvgIpc) is 2.67. The smallest absolute Gasteiger partial charge is 0.416 e. The van der Waals surface area contributed by atoms with Crippen LogP contribution < -0.4 is 9.47 Å². The molecule has 1 heterocycles. The van der Waals surface area contributed by atoms with Crippen LogP contribution in [0.1, 0.15) is 16.8 Å². The zero-order valence-corrected chi connectivity index (χ0v) is 15.5. The van der Waals surface area contributed by atoms with Gasteiger partial charge < -0.3 is 9.47 Å². The first kappa shape index (κ1) is 22.0. The Morgan fingerprint density at radius 3 is 1.65 bits per heavy atom. The minimum Gasteiger partial charge on any atom is -0.457 e. The minimum absolute atomic E-state index is 0.0607. The number of alkyl halides is 6. The highest BCUT2D eigenvalue weighted by molar-refractivity contribution is 5.39. The second-order valence-corrected chi connectivity index (χ2v) is 6.22. The Labute approximate surface area is 172 Å². The summed E-state index contributed by atoms with van der Waals surface area (Å²) < 4.78 is 87.0. The molecule has 31 heavy (non-hydrogen) atoms. The minimum atomic E-state index is -4.49. The first-order valence-corrected chi connectivity index (χ1v) is 8.63. The molecule has 0 radical (unpaired) electrons. The maximum atomic E-state index is 12.7. The molecule has 3 aromatic rings. The number of halogens is 6. The van der Waals surface area contributed by atoms with Crippen molar-refractivity contribution in [1.82, 2.24) is 4.98 Å². The lowest BCUT2D eigenvalue weighted by Crippen LogP contribution is -2.04. The lowest BCUT2D eigenvalue weighted by Gasteiger charge is -2.12. The van der Waals surface area contributed by atoms with E-state index in [1.165, 1.54) is 12.1 Å². The van der Waals surface area contributed by atoms with Gasteiger partial charge in [0.05, 0.1) is 29.3 Å². The van der Waals surface area contributed by atoms with Gasteiger partial charge in [-0.05, 0) is 48.5 Å². The SMILES string of the molecule is N#CCc1cc(Oc2ccc(C(F)(F)F)cc2)cc(Oc2ccc(C(F)(F)F)cc2)n1. The zero-order chi connectivity index (χ0) is 22.6. The molecule has 0 atom stereocenters. The molecular weight excluding hydrogens is 426 g/mol.